The Labute approximate surface area is 125 Å². The molecule has 2 N–H and O–H groups in total. The molecule has 0 spiro atoms. The van der Waals surface area contributed by atoms with Crippen LogP contribution in [0.25, 0.3) is 0 Å². The molecule has 0 radical (unpaired) electrons. The lowest BCUT2D eigenvalue weighted by Crippen LogP contribution is -2.46. The number of nitrogens with zero attached hydrogens (tertiary/aromatic N) is 1. The van der Waals surface area contributed by atoms with Gasteiger partial charge in [-0.15, -0.1) is 0 Å². The van der Waals surface area contributed by atoms with Crippen molar-refractivity contribution in [3.8, 4) is 0 Å². The Kier molecular flexibility index (Phi) is 5.75. The van der Waals surface area contributed by atoms with Gasteiger partial charge in [-0.25, -0.2) is 4.79 Å². The molecular weight excluding hydrogens is 272 g/mol. The van der Waals surface area contributed by atoms with E-state index in [-0.39, 0.29) is 24.9 Å². The van der Waals surface area contributed by atoms with Gasteiger partial charge < -0.3 is 10.0 Å². The Balaban J connectivity index is 2.52. The van der Waals surface area contributed by atoms with Gasteiger partial charge in [-0.2, -0.15) is 0 Å². The van der Waals surface area contributed by atoms with Gasteiger partial charge >= 0.3 is 12.0 Å². The maximum absolute atomic E-state index is 12.2. The molecule has 21 heavy (non-hydrogen) atoms. The molecule has 3 amide bonds. The van der Waals surface area contributed by atoms with Crippen LogP contribution < -0.4 is 5.32 Å². The highest BCUT2D eigenvalue weighted by atomic mass is 16.4. The highest BCUT2D eigenvalue weighted by molar-refractivity contribution is 5.95. The van der Waals surface area contributed by atoms with Crippen LogP contribution in [0.15, 0.2) is 0 Å². The van der Waals surface area contributed by atoms with E-state index in [2.05, 4.69) is 5.32 Å². The Morgan fingerprint density at radius 2 is 1.81 bits per heavy atom. The van der Waals surface area contributed by atoms with Gasteiger partial charge in [0.2, 0.25) is 5.91 Å². The van der Waals surface area contributed by atoms with Crippen LogP contribution in [-0.2, 0) is 9.59 Å². The van der Waals surface area contributed by atoms with E-state index in [0.717, 1.165) is 12.8 Å². The molecule has 0 unspecified atom stereocenters. The monoisotopic (exact) mass is 298 g/mol. The molecule has 0 bridgehead atoms. The lowest BCUT2D eigenvalue weighted by molar-refractivity contribution is -0.139. The fourth-order valence-corrected chi connectivity index (χ4v) is 2.32. The minimum Gasteiger partial charge on any atom is -0.481 e. The van der Waals surface area contributed by atoms with Crippen LogP contribution in [0.1, 0.15) is 53.4 Å². The summed E-state index contributed by atoms with van der Waals surface area (Å²) in [5.74, 6) is -1.02. The third-order valence-corrected chi connectivity index (χ3v) is 3.33. The molecule has 1 fully saturated rings. The first-order chi connectivity index (χ1) is 9.60. The molecule has 0 aromatic carbocycles. The second-order valence-electron chi connectivity index (χ2n) is 7.04. The van der Waals surface area contributed by atoms with E-state index in [4.69, 9.17) is 5.11 Å². The zero-order chi connectivity index (χ0) is 16.2. The third-order valence-electron chi connectivity index (χ3n) is 3.33. The first-order valence-electron chi connectivity index (χ1n) is 7.43. The third kappa shape index (κ3) is 6.60. The first-order valence-corrected chi connectivity index (χ1v) is 7.43. The maximum atomic E-state index is 12.2. The number of hydrogen-bond acceptors (Lipinski definition) is 3. The molecule has 6 heteroatoms. The predicted molar refractivity (Wildman–Crippen MR) is 78.8 cm³/mol. The van der Waals surface area contributed by atoms with E-state index in [9.17, 15) is 14.4 Å². The van der Waals surface area contributed by atoms with Gasteiger partial charge in [0.25, 0.3) is 0 Å². The van der Waals surface area contributed by atoms with Crippen molar-refractivity contribution in [2.75, 3.05) is 6.54 Å². The molecular formula is C15H26N2O4. The number of nitrogens with one attached hydrogen (secondary N) is 1. The lowest BCUT2D eigenvalue weighted by atomic mass is 9.85. The summed E-state index contributed by atoms with van der Waals surface area (Å²) in [6.07, 6.45) is 1.88. The summed E-state index contributed by atoms with van der Waals surface area (Å²) in [4.78, 5) is 36.5. The summed E-state index contributed by atoms with van der Waals surface area (Å²) >= 11 is 0. The van der Waals surface area contributed by atoms with Crippen molar-refractivity contribution in [2.45, 2.75) is 59.4 Å². The SMILES string of the molecule is CC(C)CN(C(=O)NC(=O)CC(C)(C)CC(=O)O)C1CC1. The Bertz CT molecular complexity index is 414. The van der Waals surface area contributed by atoms with E-state index < -0.39 is 17.3 Å². The zero-order valence-electron chi connectivity index (χ0n) is 13.3. The van der Waals surface area contributed by atoms with Gasteiger partial charge in [0.05, 0.1) is 6.42 Å². The number of carboxylic acid groups (broad SMARTS) is 1. The van der Waals surface area contributed by atoms with Crippen LogP contribution in [0.4, 0.5) is 4.79 Å². The molecule has 0 heterocycles. The van der Waals surface area contributed by atoms with Crippen LogP contribution in [-0.4, -0.2) is 40.5 Å². The van der Waals surface area contributed by atoms with E-state index in [0.29, 0.717) is 12.5 Å². The number of aliphatic carboxylic acids is 1. The molecule has 1 aliphatic carbocycles. The van der Waals surface area contributed by atoms with Crippen LogP contribution in [0, 0.1) is 11.3 Å². The van der Waals surface area contributed by atoms with E-state index in [1.807, 2.05) is 13.8 Å². The maximum Gasteiger partial charge on any atom is 0.324 e. The summed E-state index contributed by atoms with van der Waals surface area (Å²) < 4.78 is 0. The average Bonchev–Trinajstić information content (AvgIpc) is 3.05. The minimum absolute atomic E-state index is 0.0191. The second-order valence-corrected chi connectivity index (χ2v) is 7.04. The van der Waals surface area contributed by atoms with Crippen molar-refractivity contribution < 1.29 is 19.5 Å². The molecule has 0 aliphatic heterocycles. The molecule has 120 valence electrons. The van der Waals surface area contributed by atoms with Crippen molar-refractivity contribution in [2.24, 2.45) is 11.3 Å². The lowest BCUT2D eigenvalue weighted by Gasteiger charge is -2.26. The number of carbonyl (C=O) groups is 3. The summed E-state index contributed by atoms with van der Waals surface area (Å²) in [5, 5.41) is 11.2. The summed E-state index contributed by atoms with van der Waals surface area (Å²) in [7, 11) is 0. The number of rotatable bonds is 7. The number of carbonyl (C=O) groups excluding carboxylic acids is 2. The standard InChI is InChI=1S/C15H26N2O4/c1-10(2)9-17(11-5-6-11)14(21)16-12(18)7-15(3,4)8-13(19)20/h10-11H,5-9H2,1-4H3,(H,19,20)(H,16,18,21). The molecule has 6 nitrogen and oxygen atoms in total. The number of imide groups is 1. The number of carboxylic acids is 1. The van der Waals surface area contributed by atoms with Crippen molar-refractivity contribution in [1.29, 1.82) is 0 Å². The first kappa shape index (κ1) is 17.5. The van der Waals surface area contributed by atoms with Crippen LogP contribution >= 0.6 is 0 Å². The molecule has 1 saturated carbocycles. The number of urea groups is 1. The molecule has 0 aromatic rings. The van der Waals surface area contributed by atoms with Gasteiger partial charge in [-0.05, 0) is 24.2 Å². The van der Waals surface area contributed by atoms with Crippen molar-refractivity contribution in [3.63, 3.8) is 0 Å². The van der Waals surface area contributed by atoms with Gasteiger partial charge in [-0.3, -0.25) is 14.9 Å². The van der Waals surface area contributed by atoms with Gasteiger partial charge in [0, 0.05) is 19.0 Å². The summed E-state index contributed by atoms with van der Waals surface area (Å²) in [6.45, 7) is 8.10. The summed E-state index contributed by atoms with van der Waals surface area (Å²) in [5.41, 5.74) is -0.668. The fourth-order valence-electron chi connectivity index (χ4n) is 2.32. The average molecular weight is 298 g/mol. The Hall–Kier alpha value is -1.59. The number of amides is 3. The normalized spacial score (nSPS) is 14.9. The van der Waals surface area contributed by atoms with Gasteiger partial charge in [-0.1, -0.05) is 27.7 Å². The van der Waals surface area contributed by atoms with Crippen molar-refractivity contribution >= 4 is 17.9 Å². The smallest absolute Gasteiger partial charge is 0.324 e. The molecule has 0 saturated heterocycles. The fraction of sp³-hybridized carbons (Fsp3) is 0.800. The molecule has 0 aromatic heterocycles. The van der Waals surface area contributed by atoms with E-state index in [1.54, 1.807) is 18.7 Å². The highest BCUT2D eigenvalue weighted by Crippen LogP contribution is 2.28. The van der Waals surface area contributed by atoms with Crippen LogP contribution in [0.3, 0.4) is 0 Å². The zero-order valence-corrected chi connectivity index (χ0v) is 13.3. The Morgan fingerprint density at radius 3 is 2.24 bits per heavy atom. The molecule has 0 atom stereocenters. The topological polar surface area (TPSA) is 86.7 Å². The quantitative estimate of drug-likeness (QED) is 0.754. The second kappa shape index (κ2) is 6.91. The predicted octanol–water partition coefficient (Wildman–Crippen LogP) is 2.23. The summed E-state index contributed by atoms with van der Waals surface area (Å²) in [6, 6.07) is -0.116. The largest absolute Gasteiger partial charge is 0.481 e. The van der Waals surface area contributed by atoms with Gasteiger partial charge in [0.1, 0.15) is 0 Å². The molecule has 1 rings (SSSR count). The van der Waals surface area contributed by atoms with Crippen LogP contribution in [0.5, 0.6) is 0 Å². The Morgan fingerprint density at radius 1 is 1.24 bits per heavy atom. The minimum atomic E-state index is -0.946. The van der Waals surface area contributed by atoms with Gasteiger partial charge in [0.15, 0.2) is 0 Å². The van der Waals surface area contributed by atoms with E-state index in [1.165, 1.54) is 0 Å². The van der Waals surface area contributed by atoms with Crippen LogP contribution in [0.2, 0.25) is 0 Å². The van der Waals surface area contributed by atoms with Crippen molar-refractivity contribution in [3.05, 3.63) is 0 Å². The number of hydrogen-bond donors (Lipinski definition) is 2. The van der Waals surface area contributed by atoms with Crippen molar-refractivity contribution in [1.82, 2.24) is 10.2 Å². The van der Waals surface area contributed by atoms with E-state index >= 15 is 0 Å². The molecule has 1 aliphatic rings. The highest BCUT2D eigenvalue weighted by Gasteiger charge is 2.34.